The van der Waals surface area contributed by atoms with Crippen LogP contribution in [0.3, 0.4) is 0 Å². The van der Waals surface area contributed by atoms with E-state index < -0.39 is 17.6 Å². The number of unbranched alkanes of at least 4 members (excludes halogenated alkanes) is 1. The first-order valence-corrected chi connectivity index (χ1v) is 12.4. The molecule has 0 spiro atoms. The van der Waals surface area contributed by atoms with Crippen molar-refractivity contribution in [1.82, 2.24) is 0 Å². The van der Waals surface area contributed by atoms with Crippen molar-refractivity contribution in [2.75, 3.05) is 0 Å². The number of benzene rings is 1. The lowest BCUT2D eigenvalue weighted by atomic mass is 9.70. The van der Waals surface area contributed by atoms with Crippen LogP contribution in [0.5, 0.6) is 0 Å². The quantitative estimate of drug-likeness (QED) is 0.164. The van der Waals surface area contributed by atoms with Crippen LogP contribution < -0.4 is 0 Å². The Labute approximate surface area is 195 Å². The zero-order valence-corrected chi connectivity index (χ0v) is 19.3. The van der Waals surface area contributed by atoms with Crippen LogP contribution in [0, 0.1) is 22.7 Å². The van der Waals surface area contributed by atoms with Gasteiger partial charge in [0.2, 0.25) is 0 Å². The van der Waals surface area contributed by atoms with Gasteiger partial charge in [-0.1, -0.05) is 62.8 Å². The molecule has 0 unspecified atom stereocenters. The van der Waals surface area contributed by atoms with Gasteiger partial charge in [0.25, 0.3) is 0 Å². The summed E-state index contributed by atoms with van der Waals surface area (Å²) in [6.45, 7) is 0. The third kappa shape index (κ3) is 7.73. The van der Waals surface area contributed by atoms with Crippen molar-refractivity contribution in [2.45, 2.75) is 95.6 Å². The Balaban J connectivity index is 1.42. The van der Waals surface area contributed by atoms with Gasteiger partial charge in [-0.15, -0.1) is 0 Å². The van der Waals surface area contributed by atoms with Gasteiger partial charge in [0, 0.05) is 0 Å². The Hall–Kier alpha value is -2.09. The van der Waals surface area contributed by atoms with Crippen LogP contribution in [0.25, 0.3) is 0 Å². The lowest BCUT2D eigenvalue weighted by Crippen LogP contribution is -2.21. The molecule has 2 saturated carbocycles. The van der Waals surface area contributed by atoms with Crippen LogP contribution in [0.4, 0.5) is 17.6 Å². The number of allylic oxidation sites excluding steroid dienone is 4. The van der Waals surface area contributed by atoms with E-state index in [0.29, 0.717) is 11.8 Å². The Morgan fingerprint density at radius 1 is 1.00 bits per heavy atom. The highest BCUT2D eigenvalue weighted by Crippen LogP contribution is 2.43. The maximum absolute atomic E-state index is 13.1. The van der Waals surface area contributed by atoms with Crippen LogP contribution in [-0.4, -0.2) is 0 Å². The van der Waals surface area contributed by atoms with Gasteiger partial charge in [-0.2, -0.15) is 22.8 Å². The van der Waals surface area contributed by atoms with Gasteiger partial charge >= 0.3 is 6.18 Å². The predicted octanol–water partition coefficient (Wildman–Crippen LogP) is 9.42. The molecule has 0 amide bonds. The summed E-state index contributed by atoms with van der Waals surface area (Å²) in [4.78, 5) is 0. The molecular weight excluding hydrogens is 426 g/mol. The fourth-order valence-electron chi connectivity index (χ4n) is 5.77. The Kier molecular flexibility index (Phi) is 9.18. The van der Waals surface area contributed by atoms with Gasteiger partial charge in [0.1, 0.15) is 6.07 Å². The van der Waals surface area contributed by atoms with E-state index in [1.54, 1.807) is 18.2 Å². The monoisotopic (exact) mass is 461 g/mol. The molecule has 1 aromatic rings. The molecule has 0 saturated heterocycles. The van der Waals surface area contributed by atoms with Gasteiger partial charge in [-0.3, -0.25) is 0 Å². The summed E-state index contributed by atoms with van der Waals surface area (Å²) in [6.07, 6.45) is 15.9. The number of nitriles is 1. The Morgan fingerprint density at radius 2 is 1.67 bits per heavy atom. The molecule has 5 heteroatoms. The molecule has 0 N–H and O–H groups in total. The molecule has 2 aliphatic carbocycles. The minimum absolute atomic E-state index is 0.144. The van der Waals surface area contributed by atoms with Crippen molar-refractivity contribution in [3.8, 4) is 6.07 Å². The summed E-state index contributed by atoms with van der Waals surface area (Å²) in [5.41, 5.74) is 0.608. The molecule has 3 rings (SSSR count). The number of hydrogen-bond acceptors (Lipinski definition) is 1. The topological polar surface area (TPSA) is 23.8 Å². The third-order valence-electron chi connectivity index (χ3n) is 7.74. The van der Waals surface area contributed by atoms with Crippen molar-refractivity contribution in [1.29, 1.82) is 5.26 Å². The number of hydrogen-bond donors (Lipinski definition) is 0. The van der Waals surface area contributed by atoms with Crippen molar-refractivity contribution in [3.05, 3.63) is 59.4 Å². The fraction of sp³-hybridized carbons (Fsp3) is 0.607. The van der Waals surface area contributed by atoms with E-state index >= 15 is 0 Å². The molecule has 0 aromatic heterocycles. The first kappa shape index (κ1) is 25.5. The highest BCUT2D eigenvalue weighted by molar-refractivity contribution is 5.27. The summed E-state index contributed by atoms with van der Waals surface area (Å²) in [5.74, 6) is 0.339. The van der Waals surface area contributed by atoms with Crippen molar-refractivity contribution >= 4 is 0 Å². The van der Waals surface area contributed by atoms with Gasteiger partial charge in [-0.25, -0.2) is 0 Å². The number of rotatable bonds is 8. The molecule has 1 nitrogen and oxygen atoms in total. The zero-order valence-electron chi connectivity index (χ0n) is 19.3. The predicted molar refractivity (Wildman–Crippen MR) is 124 cm³/mol. The molecule has 0 heterocycles. The van der Waals surface area contributed by atoms with E-state index in [2.05, 4.69) is 6.08 Å². The Morgan fingerprint density at radius 3 is 2.27 bits per heavy atom. The fourth-order valence-corrected chi connectivity index (χ4v) is 5.77. The maximum Gasteiger partial charge on any atom is 0.416 e. The van der Waals surface area contributed by atoms with Crippen LogP contribution in [-0.2, 0) is 6.18 Å². The van der Waals surface area contributed by atoms with Crippen LogP contribution in [0.15, 0.2) is 48.3 Å². The van der Waals surface area contributed by atoms with Gasteiger partial charge in [-0.05, 0) is 86.0 Å². The first-order chi connectivity index (χ1) is 15.8. The van der Waals surface area contributed by atoms with Crippen molar-refractivity contribution < 1.29 is 17.6 Å². The van der Waals surface area contributed by atoms with Crippen molar-refractivity contribution in [2.24, 2.45) is 11.3 Å². The lowest BCUT2D eigenvalue weighted by molar-refractivity contribution is -0.137. The summed E-state index contributed by atoms with van der Waals surface area (Å²) >= 11 is 0. The Bertz CT molecular complexity index is 830. The second-order valence-corrected chi connectivity index (χ2v) is 9.99. The molecular formula is C28H35F4N. The third-order valence-corrected chi connectivity index (χ3v) is 7.74. The summed E-state index contributed by atoms with van der Waals surface area (Å²) in [7, 11) is 0. The largest absolute Gasteiger partial charge is 0.416 e. The summed E-state index contributed by atoms with van der Waals surface area (Å²) in [5, 5.41) is 8.59. The van der Waals surface area contributed by atoms with Crippen LogP contribution in [0.1, 0.15) is 101 Å². The van der Waals surface area contributed by atoms with E-state index in [9.17, 15) is 17.6 Å². The number of nitrogens with zero attached hydrogens (tertiary/aromatic N) is 1. The average Bonchev–Trinajstić information content (AvgIpc) is 2.82. The van der Waals surface area contributed by atoms with Crippen LogP contribution >= 0.6 is 0 Å². The van der Waals surface area contributed by atoms with Crippen LogP contribution in [0.2, 0.25) is 0 Å². The SMILES string of the molecule is N#CC(F)=CC=CC1(CCCCC2CCC(c3ccc(C(F)(F)F)cc3)CC2)CCCCC1. The van der Waals surface area contributed by atoms with E-state index in [1.807, 2.05) is 0 Å². The van der Waals surface area contributed by atoms with Gasteiger partial charge < -0.3 is 0 Å². The first-order valence-electron chi connectivity index (χ1n) is 12.4. The molecule has 1 aromatic carbocycles. The molecule has 0 bridgehead atoms. The standard InChI is InChI=1S/C28H35F4N/c29-26(21-33)8-6-20-27(17-3-1-4-18-27)19-5-2-7-22-9-11-23(12-10-22)24-13-15-25(16-14-24)28(30,31)32/h6,8,13-16,20,22-23H,1-5,7,9-12,17-19H2. The summed E-state index contributed by atoms with van der Waals surface area (Å²) < 4.78 is 51.5. The lowest BCUT2D eigenvalue weighted by Gasteiger charge is -2.35. The van der Waals surface area contributed by atoms with E-state index in [-0.39, 0.29) is 5.41 Å². The molecule has 2 fully saturated rings. The highest BCUT2D eigenvalue weighted by Gasteiger charge is 2.31. The highest BCUT2D eigenvalue weighted by atomic mass is 19.4. The van der Waals surface area contributed by atoms with Crippen molar-refractivity contribution in [3.63, 3.8) is 0 Å². The maximum atomic E-state index is 13.1. The zero-order chi connectivity index (χ0) is 23.7. The normalized spacial score (nSPS) is 24.0. The number of halogens is 4. The number of alkyl halides is 3. The van der Waals surface area contributed by atoms with E-state index in [0.717, 1.165) is 56.9 Å². The smallest absolute Gasteiger partial charge is 0.195 e. The summed E-state index contributed by atoms with van der Waals surface area (Å²) in [6, 6.07) is 7.25. The molecule has 2 aliphatic rings. The minimum atomic E-state index is -4.27. The molecule has 180 valence electrons. The second kappa shape index (κ2) is 11.9. The second-order valence-electron chi connectivity index (χ2n) is 9.99. The molecule has 0 aliphatic heterocycles. The van der Waals surface area contributed by atoms with E-state index in [4.69, 9.17) is 5.26 Å². The minimum Gasteiger partial charge on any atom is -0.195 e. The van der Waals surface area contributed by atoms with Gasteiger partial charge in [0.15, 0.2) is 5.83 Å². The molecule has 0 radical (unpaired) electrons. The molecule has 33 heavy (non-hydrogen) atoms. The average molecular weight is 462 g/mol. The van der Waals surface area contributed by atoms with Gasteiger partial charge in [0.05, 0.1) is 5.56 Å². The molecule has 0 atom stereocenters. The van der Waals surface area contributed by atoms with E-state index in [1.165, 1.54) is 56.4 Å².